The highest BCUT2D eigenvalue weighted by Gasteiger charge is 2.21. The maximum Gasteiger partial charge on any atom is 0.323 e. The van der Waals surface area contributed by atoms with E-state index in [0.717, 1.165) is 29.9 Å². The zero-order valence-corrected chi connectivity index (χ0v) is 23.0. The third-order valence-corrected chi connectivity index (χ3v) is 6.84. The van der Waals surface area contributed by atoms with E-state index in [0.29, 0.717) is 53.8 Å². The van der Waals surface area contributed by atoms with E-state index < -0.39 is 17.8 Å². The molecule has 0 unspecified atom stereocenters. The quantitative estimate of drug-likeness (QED) is 0.120. The Bertz CT molecular complexity index is 1510. The smallest absolute Gasteiger partial charge is 0.323 e. The number of aliphatic carboxylic acids is 2. The number of aromatic nitrogens is 1. The summed E-state index contributed by atoms with van der Waals surface area (Å²) in [5.74, 6) is -0.804. The number of benzene rings is 3. The molecule has 1 aromatic heterocycles. The van der Waals surface area contributed by atoms with Crippen molar-refractivity contribution in [3.05, 3.63) is 94.9 Å². The molecule has 3 aromatic carbocycles. The molecule has 8 heteroatoms. The van der Waals surface area contributed by atoms with Crippen LogP contribution in [-0.2, 0) is 22.6 Å². The van der Waals surface area contributed by atoms with E-state index in [-0.39, 0.29) is 13.0 Å². The fraction of sp³-hybridized carbons (Fsp3) is 0.273. The van der Waals surface area contributed by atoms with Crippen molar-refractivity contribution in [2.75, 3.05) is 13.2 Å². The molecule has 2 N–H and O–H groups in total. The Morgan fingerprint density at radius 1 is 0.829 bits per heavy atom. The zero-order chi connectivity index (χ0) is 29.2. The van der Waals surface area contributed by atoms with Gasteiger partial charge in [0, 0.05) is 17.5 Å². The van der Waals surface area contributed by atoms with Crippen LogP contribution in [0.4, 0.5) is 4.39 Å². The number of ether oxygens (including phenoxy) is 2. The van der Waals surface area contributed by atoms with Crippen LogP contribution >= 0.6 is 0 Å². The van der Waals surface area contributed by atoms with Crippen molar-refractivity contribution in [2.24, 2.45) is 0 Å². The van der Waals surface area contributed by atoms with Crippen LogP contribution in [0.1, 0.15) is 48.1 Å². The minimum atomic E-state index is -1.04. The van der Waals surface area contributed by atoms with Crippen LogP contribution in [0.15, 0.2) is 66.7 Å². The molecule has 4 aromatic rings. The van der Waals surface area contributed by atoms with Gasteiger partial charge in [0.2, 0.25) is 0 Å². The van der Waals surface area contributed by atoms with Crippen molar-refractivity contribution in [3.8, 4) is 11.5 Å². The number of hydrogen-bond acceptors (Lipinski definition) is 4. The van der Waals surface area contributed by atoms with E-state index >= 15 is 4.39 Å². The molecule has 4 rings (SSSR count). The van der Waals surface area contributed by atoms with Gasteiger partial charge in [-0.3, -0.25) is 9.59 Å². The summed E-state index contributed by atoms with van der Waals surface area (Å²) in [6.07, 6.45) is 6.09. The molecule has 0 radical (unpaired) electrons. The fourth-order valence-electron chi connectivity index (χ4n) is 4.82. The molecule has 0 aliphatic carbocycles. The highest BCUT2D eigenvalue weighted by atomic mass is 19.1. The molecule has 7 nitrogen and oxygen atoms in total. The van der Waals surface area contributed by atoms with Gasteiger partial charge < -0.3 is 24.3 Å². The van der Waals surface area contributed by atoms with Crippen molar-refractivity contribution in [1.82, 2.24) is 4.57 Å². The van der Waals surface area contributed by atoms with E-state index in [1.54, 1.807) is 17.6 Å². The standard InChI is InChI=1S/C33H34FNO6/c1-23-28(10-7-11-30(36)37)32-29(34)19-16-25(33(32)35(23)22-31(38)39)15-12-24-13-17-27(18-14-24)41-21-6-5-20-40-26-8-3-2-4-9-26/h2-4,8-9,12-19H,5-7,10-11,20-22H2,1H3,(H,36,37)(H,38,39)/b15-12+. The van der Waals surface area contributed by atoms with Crippen LogP contribution in [-0.4, -0.2) is 39.9 Å². The number of para-hydroxylation sites is 1. The summed E-state index contributed by atoms with van der Waals surface area (Å²) in [5, 5.41) is 18.9. The van der Waals surface area contributed by atoms with Crippen molar-refractivity contribution >= 4 is 35.0 Å². The van der Waals surface area contributed by atoms with Crippen LogP contribution in [0, 0.1) is 12.7 Å². The van der Waals surface area contributed by atoms with Crippen LogP contribution < -0.4 is 9.47 Å². The molecule has 0 aliphatic heterocycles. The van der Waals surface area contributed by atoms with E-state index in [2.05, 4.69) is 0 Å². The van der Waals surface area contributed by atoms with Crippen LogP contribution in [0.3, 0.4) is 0 Å². The van der Waals surface area contributed by atoms with Gasteiger partial charge in [0.1, 0.15) is 23.9 Å². The van der Waals surface area contributed by atoms with Gasteiger partial charge in [0.05, 0.1) is 18.7 Å². The van der Waals surface area contributed by atoms with E-state index in [1.807, 2.05) is 66.7 Å². The molecule has 41 heavy (non-hydrogen) atoms. The summed E-state index contributed by atoms with van der Waals surface area (Å²) in [6.45, 7) is 2.64. The molecule has 0 saturated heterocycles. The predicted molar refractivity (Wildman–Crippen MR) is 157 cm³/mol. The number of unbranched alkanes of at least 4 members (excludes halogenated alkanes) is 1. The Morgan fingerprint density at radius 2 is 1.49 bits per heavy atom. The van der Waals surface area contributed by atoms with Crippen molar-refractivity contribution < 1.29 is 33.7 Å². The monoisotopic (exact) mass is 559 g/mol. The predicted octanol–water partition coefficient (Wildman–Crippen LogP) is 6.99. The van der Waals surface area contributed by atoms with Gasteiger partial charge in [-0.15, -0.1) is 0 Å². The molecule has 0 amide bonds. The molecule has 214 valence electrons. The summed E-state index contributed by atoms with van der Waals surface area (Å²) in [4.78, 5) is 22.6. The Hall–Kier alpha value is -4.59. The van der Waals surface area contributed by atoms with Crippen molar-refractivity contribution in [2.45, 2.75) is 45.6 Å². The molecule has 0 aliphatic rings. The normalized spacial score (nSPS) is 11.3. The van der Waals surface area contributed by atoms with Crippen LogP contribution in [0.2, 0.25) is 0 Å². The van der Waals surface area contributed by atoms with Gasteiger partial charge in [-0.2, -0.15) is 0 Å². The van der Waals surface area contributed by atoms with Gasteiger partial charge in [-0.05, 0) is 85.7 Å². The first-order valence-electron chi connectivity index (χ1n) is 13.7. The van der Waals surface area contributed by atoms with Crippen LogP contribution in [0.5, 0.6) is 11.5 Å². The number of fused-ring (bicyclic) bond motifs is 1. The second-order valence-electron chi connectivity index (χ2n) is 9.77. The Morgan fingerprint density at radius 3 is 2.12 bits per heavy atom. The summed E-state index contributed by atoms with van der Waals surface area (Å²) < 4.78 is 28.2. The second-order valence-corrected chi connectivity index (χ2v) is 9.77. The third kappa shape index (κ3) is 7.97. The second kappa shape index (κ2) is 14.2. The average molecular weight is 560 g/mol. The van der Waals surface area contributed by atoms with E-state index in [1.165, 1.54) is 6.07 Å². The zero-order valence-electron chi connectivity index (χ0n) is 23.0. The fourth-order valence-corrected chi connectivity index (χ4v) is 4.82. The number of rotatable bonds is 15. The first-order valence-corrected chi connectivity index (χ1v) is 13.7. The number of carbonyl (C=O) groups is 2. The molecule has 0 fully saturated rings. The Kier molecular flexibility index (Phi) is 10.2. The Labute approximate surface area is 238 Å². The number of nitrogens with zero attached hydrogens (tertiary/aromatic N) is 1. The van der Waals surface area contributed by atoms with E-state index in [4.69, 9.17) is 14.6 Å². The van der Waals surface area contributed by atoms with Gasteiger partial charge >= 0.3 is 11.9 Å². The Balaban J connectivity index is 1.43. The van der Waals surface area contributed by atoms with Crippen LogP contribution in [0.25, 0.3) is 23.1 Å². The molecule has 0 spiro atoms. The molecular weight excluding hydrogens is 525 g/mol. The molecule has 0 bridgehead atoms. The number of halogens is 1. The lowest BCUT2D eigenvalue weighted by molar-refractivity contribution is -0.138. The molecule has 0 saturated carbocycles. The summed E-state index contributed by atoms with van der Waals surface area (Å²) >= 11 is 0. The largest absolute Gasteiger partial charge is 0.494 e. The van der Waals surface area contributed by atoms with Gasteiger partial charge in [-0.1, -0.05) is 42.5 Å². The number of carboxylic acid groups (broad SMARTS) is 2. The summed E-state index contributed by atoms with van der Waals surface area (Å²) in [5.41, 5.74) is 3.33. The lowest BCUT2D eigenvalue weighted by Crippen LogP contribution is -2.10. The lowest BCUT2D eigenvalue weighted by Gasteiger charge is -2.08. The van der Waals surface area contributed by atoms with Gasteiger partial charge in [0.15, 0.2) is 0 Å². The van der Waals surface area contributed by atoms with E-state index in [9.17, 15) is 14.7 Å². The van der Waals surface area contributed by atoms with Gasteiger partial charge in [0.25, 0.3) is 0 Å². The summed E-state index contributed by atoms with van der Waals surface area (Å²) in [6, 6.07) is 20.3. The SMILES string of the molecule is Cc1c(CCCC(=O)O)c2c(F)ccc(/C=C/c3ccc(OCCCCOc4ccccc4)cc3)c2n1CC(=O)O. The average Bonchev–Trinajstić information content (AvgIpc) is 3.22. The van der Waals surface area contributed by atoms with Crippen molar-refractivity contribution in [1.29, 1.82) is 0 Å². The summed E-state index contributed by atoms with van der Waals surface area (Å²) in [7, 11) is 0. The molecular formula is C33H34FNO6. The molecule has 0 atom stereocenters. The minimum Gasteiger partial charge on any atom is -0.494 e. The maximum atomic E-state index is 15.1. The first-order chi connectivity index (χ1) is 19.8. The number of hydrogen-bond donors (Lipinski definition) is 2. The highest BCUT2D eigenvalue weighted by Crippen LogP contribution is 2.33. The third-order valence-electron chi connectivity index (χ3n) is 6.84. The number of carboxylic acids is 2. The van der Waals surface area contributed by atoms with Crippen molar-refractivity contribution in [3.63, 3.8) is 0 Å². The number of aryl methyl sites for hydroxylation is 1. The van der Waals surface area contributed by atoms with Gasteiger partial charge in [-0.25, -0.2) is 4.39 Å². The minimum absolute atomic E-state index is 0.0470. The first kappa shape index (κ1) is 29.4. The highest BCUT2D eigenvalue weighted by molar-refractivity contribution is 5.95. The topological polar surface area (TPSA) is 98.0 Å². The molecule has 1 heterocycles. The maximum absolute atomic E-state index is 15.1. The lowest BCUT2D eigenvalue weighted by atomic mass is 10.0.